The van der Waals surface area contributed by atoms with Crippen LogP contribution in [-0.2, 0) is 4.74 Å². The maximum absolute atomic E-state index is 5.47. The van der Waals surface area contributed by atoms with E-state index < -0.39 is 0 Å². The molecule has 1 rings (SSSR count). The Balaban J connectivity index is 2.56. The fourth-order valence-corrected chi connectivity index (χ4v) is 2.56. The third-order valence-corrected chi connectivity index (χ3v) is 3.80. The first-order chi connectivity index (χ1) is 7.70. The van der Waals surface area contributed by atoms with Gasteiger partial charge >= 0.3 is 0 Å². The average molecular weight is 228 g/mol. The van der Waals surface area contributed by atoms with Crippen LogP contribution in [0.25, 0.3) is 0 Å². The summed E-state index contributed by atoms with van der Waals surface area (Å²) < 4.78 is 5.47. The van der Waals surface area contributed by atoms with Gasteiger partial charge in [0.05, 0.1) is 6.10 Å². The molecule has 0 aliphatic carbocycles. The molecule has 1 aliphatic rings. The lowest BCUT2D eigenvalue weighted by molar-refractivity contribution is 0.00855. The van der Waals surface area contributed by atoms with Crippen molar-refractivity contribution in [1.82, 2.24) is 10.2 Å². The Morgan fingerprint density at radius 3 is 2.69 bits per heavy atom. The van der Waals surface area contributed by atoms with Crippen LogP contribution in [0.3, 0.4) is 0 Å². The third-order valence-electron chi connectivity index (χ3n) is 3.80. The van der Waals surface area contributed by atoms with Crippen molar-refractivity contribution in [2.45, 2.75) is 58.2 Å². The predicted octanol–water partition coefficient (Wildman–Crippen LogP) is 1.87. The van der Waals surface area contributed by atoms with Crippen molar-refractivity contribution in [3.8, 4) is 0 Å². The molecule has 16 heavy (non-hydrogen) atoms. The molecule has 1 aliphatic heterocycles. The third kappa shape index (κ3) is 3.72. The van der Waals surface area contributed by atoms with Crippen LogP contribution in [0.5, 0.6) is 0 Å². The molecule has 1 N–H and O–H groups in total. The second kappa shape index (κ2) is 7.25. The molecule has 0 saturated carbocycles. The molecule has 0 aromatic heterocycles. The monoisotopic (exact) mass is 228 g/mol. The lowest BCUT2D eigenvalue weighted by Gasteiger charge is -2.40. The zero-order chi connectivity index (χ0) is 12.0. The molecule has 0 bridgehead atoms. The minimum atomic E-state index is 0.313. The van der Waals surface area contributed by atoms with Crippen LogP contribution >= 0.6 is 0 Å². The second-order valence-corrected chi connectivity index (χ2v) is 4.92. The SMILES string of the molecule is CCCN(C1CCCNC1)C(C)C(C)OC. The van der Waals surface area contributed by atoms with Gasteiger partial charge in [-0.05, 0) is 46.2 Å². The van der Waals surface area contributed by atoms with Gasteiger partial charge in [-0.3, -0.25) is 4.90 Å². The summed E-state index contributed by atoms with van der Waals surface area (Å²) >= 11 is 0. The Bertz CT molecular complexity index is 179. The van der Waals surface area contributed by atoms with Gasteiger partial charge in [0.1, 0.15) is 0 Å². The molecule has 96 valence electrons. The second-order valence-electron chi connectivity index (χ2n) is 4.92. The molecule has 1 heterocycles. The number of hydrogen-bond donors (Lipinski definition) is 1. The summed E-state index contributed by atoms with van der Waals surface area (Å²) in [5, 5.41) is 3.50. The highest BCUT2D eigenvalue weighted by Crippen LogP contribution is 2.17. The molecule has 3 atom stereocenters. The quantitative estimate of drug-likeness (QED) is 0.751. The summed E-state index contributed by atoms with van der Waals surface area (Å²) in [5.74, 6) is 0. The zero-order valence-electron chi connectivity index (χ0n) is 11.3. The Morgan fingerprint density at radius 2 is 2.19 bits per heavy atom. The summed E-state index contributed by atoms with van der Waals surface area (Å²) in [7, 11) is 1.81. The first kappa shape index (κ1) is 13.9. The highest BCUT2D eigenvalue weighted by atomic mass is 16.5. The summed E-state index contributed by atoms with van der Waals surface area (Å²) in [6.07, 6.45) is 4.16. The van der Waals surface area contributed by atoms with Crippen LogP contribution in [0.4, 0.5) is 0 Å². The molecule has 0 spiro atoms. The van der Waals surface area contributed by atoms with Gasteiger partial charge < -0.3 is 10.1 Å². The lowest BCUT2D eigenvalue weighted by atomic mass is 10.0. The zero-order valence-corrected chi connectivity index (χ0v) is 11.3. The Morgan fingerprint density at radius 1 is 1.44 bits per heavy atom. The minimum absolute atomic E-state index is 0.313. The Hall–Kier alpha value is -0.120. The number of methoxy groups -OCH3 is 1. The van der Waals surface area contributed by atoms with Crippen molar-refractivity contribution >= 4 is 0 Å². The lowest BCUT2D eigenvalue weighted by Crippen LogP contribution is -2.53. The number of nitrogens with zero attached hydrogens (tertiary/aromatic N) is 1. The van der Waals surface area contributed by atoms with E-state index in [1.54, 1.807) is 0 Å². The van der Waals surface area contributed by atoms with Crippen LogP contribution in [0.2, 0.25) is 0 Å². The molecule has 0 aromatic carbocycles. The number of rotatable bonds is 6. The minimum Gasteiger partial charge on any atom is -0.380 e. The van der Waals surface area contributed by atoms with Crippen molar-refractivity contribution in [3.05, 3.63) is 0 Å². The molecular formula is C13H28N2O. The van der Waals surface area contributed by atoms with E-state index in [2.05, 4.69) is 31.0 Å². The molecule has 0 radical (unpaired) electrons. The topological polar surface area (TPSA) is 24.5 Å². The highest BCUT2D eigenvalue weighted by Gasteiger charge is 2.27. The van der Waals surface area contributed by atoms with E-state index in [0.717, 1.165) is 6.54 Å². The van der Waals surface area contributed by atoms with Crippen LogP contribution in [0.15, 0.2) is 0 Å². The van der Waals surface area contributed by atoms with Crippen molar-refractivity contribution < 1.29 is 4.74 Å². The maximum Gasteiger partial charge on any atom is 0.0695 e. The van der Waals surface area contributed by atoms with Crippen LogP contribution in [0, 0.1) is 0 Å². The van der Waals surface area contributed by atoms with Crippen LogP contribution < -0.4 is 5.32 Å². The predicted molar refractivity (Wildman–Crippen MR) is 68.8 cm³/mol. The number of piperidine rings is 1. The fraction of sp³-hybridized carbons (Fsp3) is 1.00. The molecular weight excluding hydrogens is 200 g/mol. The molecule has 3 nitrogen and oxygen atoms in total. The largest absolute Gasteiger partial charge is 0.380 e. The van der Waals surface area contributed by atoms with Gasteiger partial charge in [0.15, 0.2) is 0 Å². The van der Waals surface area contributed by atoms with Gasteiger partial charge in [-0.25, -0.2) is 0 Å². The Kier molecular flexibility index (Phi) is 6.32. The Labute approximate surface area is 101 Å². The highest BCUT2D eigenvalue weighted by molar-refractivity contribution is 4.84. The molecule has 0 aromatic rings. The number of ether oxygens (including phenoxy) is 1. The first-order valence-electron chi connectivity index (χ1n) is 6.70. The van der Waals surface area contributed by atoms with E-state index in [1.807, 2.05) is 7.11 Å². The molecule has 0 amide bonds. The van der Waals surface area contributed by atoms with Gasteiger partial charge in [-0.15, -0.1) is 0 Å². The van der Waals surface area contributed by atoms with E-state index in [1.165, 1.54) is 32.4 Å². The van der Waals surface area contributed by atoms with E-state index in [-0.39, 0.29) is 0 Å². The maximum atomic E-state index is 5.47. The summed E-state index contributed by atoms with van der Waals surface area (Å²) in [6.45, 7) is 10.2. The van der Waals surface area contributed by atoms with E-state index in [0.29, 0.717) is 18.2 Å². The van der Waals surface area contributed by atoms with Gasteiger partial charge in [-0.2, -0.15) is 0 Å². The fourth-order valence-electron chi connectivity index (χ4n) is 2.56. The van der Waals surface area contributed by atoms with Crippen molar-refractivity contribution in [3.63, 3.8) is 0 Å². The first-order valence-corrected chi connectivity index (χ1v) is 6.70. The summed E-state index contributed by atoms with van der Waals surface area (Å²) in [5.41, 5.74) is 0. The van der Waals surface area contributed by atoms with E-state index in [4.69, 9.17) is 4.74 Å². The number of nitrogens with one attached hydrogen (secondary N) is 1. The van der Waals surface area contributed by atoms with E-state index >= 15 is 0 Å². The van der Waals surface area contributed by atoms with Crippen molar-refractivity contribution in [1.29, 1.82) is 0 Å². The number of hydrogen-bond acceptors (Lipinski definition) is 3. The molecule has 3 unspecified atom stereocenters. The molecule has 1 fully saturated rings. The summed E-state index contributed by atoms with van der Waals surface area (Å²) in [4.78, 5) is 2.63. The summed E-state index contributed by atoms with van der Waals surface area (Å²) in [6, 6.07) is 1.20. The standard InChI is InChI=1S/C13H28N2O/c1-5-9-15(11(2)12(3)16-4)13-7-6-8-14-10-13/h11-14H,5-10H2,1-4H3. The van der Waals surface area contributed by atoms with E-state index in [9.17, 15) is 0 Å². The molecule has 3 heteroatoms. The van der Waals surface area contributed by atoms with Crippen molar-refractivity contribution in [2.24, 2.45) is 0 Å². The van der Waals surface area contributed by atoms with Gasteiger partial charge in [-0.1, -0.05) is 6.92 Å². The van der Waals surface area contributed by atoms with Gasteiger partial charge in [0.2, 0.25) is 0 Å². The van der Waals surface area contributed by atoms with Crippen molar-refractivity contribution in [2.75, 3.05) is 26.7 Å². The van der Waals surface area contributed by atoms with Gasteiger partial charge in [0.25, 0.3) is 0 Å². The van der Waals surface area contributed by atoms with Crippen LogP contribution in [-0.4, -0.2) is 49.8 Å². The van der Waals surface area contributed by atoms with Gasteiger partial charge in [0, 0.05) is 25.7 Å². The molecule has 1 saturated heterocycles. The normalized spacial score (nSPS) is 25.7. The van der Waals surface area contributed by atoms with Crippen LogP contribution in [0.1, 0.15) is 40.0 Å². The average Bonchev–Trinajstić information content (AvgIpc) is 2.35. The smallest absolute Gasteiger partial charge is 0.0695 e.